The van der Waals surface area contributed by atoms with Gasteiger partial charge in [0.25, 0.3) is 5.89 Å². The second kappa shape index (κ2) is 9.64. The predicted molar refractivity (Wildman–Crippen MR) is 110 cm³/mol. The first kappa shape index (κ1) is 19.5. The summed E-state index contributed by atoms with van der Waals surface area (Å²) in [6, 6.07) is 14.4. The van der Waals surface area contributed by atoms with Gasteiger partial charge in [-0.25, -0.2) is 0 Å². The number of rotatable bonds is 7. The highest BCUT2D eigenvalue weighted by atomic mass is 16.5. The van der Waals surface area contributed by atoms with Crippen LogP contribution in [0.3, 0.4) is 0 Å². The third-order valence-electron chi connectivity index (χ3n) is 4.46. The van der Waals surface area contributed by atoms with Gasteiger partial charge < -0.3 is 15.2 Å². The van der Waals surface area contributed by atoms with Gasteiger partial charge >= 0.3 is 0 Å². The van der Waals surface area contributed by atoms with Gasteiger partial charge in [0.15, 0.2) is 11.8 Å². The van der Waals surface area contributed by atoms with E-state index in [0.717, 1.165) is 12.4 Å². The second-order valence-corrected chi connectivity index (χ2v) is 6.44. The molecule has 28 heavy (non-hydrogen) atoms. The Morgan fingerprint density at radius 1 is 1.18 bits per heavy atom. The number of guanidine groups is 1. The summed E-state index contributed by atoms with van der Waals surface area (Å²) >= 11 is 0. The quantitative estimate of drug-likeness (QED) is 0.485. The van der Waals surface area contributed by atoms with E-state index in [9.17, 15) is 0 Å². The number of nitrogens with one attached hydrogen (secondary N) is 2. The molecule has 7 nitrogen and oxygen atoms in total. The molecule has 0 aliphatic rings. The molecule has 2 heterocycles. The van der Waals surface area contributed by atoms with Gasteiger partial charge in [-0.1, -0.05) is 42.4 Å². The Hall–Kier alpha value is -3.22. The Labute approximate surface area is 165 Å². The summed E-state index contributed by atoms with van der Waals surface area (Å²) in [5.74, 6) is 1.80. The van der Waals surface area contributed by atoms with Gasteiger partial charge in [0.1, 0.15) is 5.69 Å². The summed E-state index contributed by atoms with van der Waals surface area (Å²) in [5.41, 5.74) is 3.23. The Morgan fingerprint density at radius 3 is 2.68 bits per heavy atom. The first-order chi connectivity index (χ1) is 13.7. The van der Waals surface area contributed by atoms with Crippen LogP contribution < -0.4 is 10.6 Å². The molecule has 3 rings (SSSR count). The van der Waals surface area contributed by atoms with Crippen molar-refractivity contribution in [2.45, 2.75) is 32.7 Å². The molecule has 0 aliphatic carbocycles. The lowest BCUT2D eigenvalue weighted by molar-refractivity contribution is 0.421. The molecule has 0 aliphatic heterocycles. The van der Waals surface area contributed by atoms with E-state index in [0.29, 0.717) is 30.4 Å². The molecule has 1 atom stereocenters. The summed E-state index contributed by atoms with van der Waals surface area (Å²) in [6.07, 6.45) is 3.37. The van der Waals surface area contributed by atoms with E-state index in [2.05, 4.69) is 68.9 Å². The number of aryl methyl sites for hydroxylation is 1. The fourth-order valence-electron chi connectivity index (χ4n) is 2.77. The minimum Gasteiger partial charge on any atom is -0.356 e. The highest BCUT2D eigenvalue weighted by molar-refractivity contribution is 5.80. The molecule has 7 heteroatoms. The van der Waals surface area contributed by atoms with Crippen molar-refractivity contribution in [1.82, 2.24) is 25.8 Å². The molecule has 0 radical (unpaired) electrons. The average Bonchev–Trinajstić information content (AvgIpc) is 3.22. The maximum Gasteiger partial charge on any atom is 0.276 e. The molecule has 1 unspecified atom stereocenters. The van der Waals surface area contributed by atoms with E-state index in [1.165, 1.54) is 11.1 Å². The molecule has 1 aromatic carbocycles. The topological polar surface area (TPSA) is 88.2 Å². The number of hydrogen-bond donors (Lipinski definition) is 2. The first-order valence-corrected chi connectivity index (χ1v) is 9.49. The zero-order valence-electron chi connectivity index (χ0n) is 16.5. The third kappa shape index (κ3) is 5.16. The predicted octanol–water partition coefficient (Wildman–Crippen LogP) is 3.16. The molecule has 0 saturated heterocycles. The van der Waals surface area contributed by atoms with Crippen molar-refractivity contribution >= 4 is 5.96 Å². The van der Waals surface area contributed by atoms with Crippen LogP contribution in [0.25, 0.3) is 11.6 Å². The second-order valence-electron chi connectivity index (χ2n) is 6.44. The van der Waals surface area contributed by atoms with Crippen LogP contribution in [0.1, 0.15) is 36.8 Å². The Morgan fingerprint density at radius 2 is 2.00 bits per heavy atom. The molecule has 3 aromatic rings. The standard InChI is InChI=1S/C21H26N6O/c1-4-16-8-10-17(11-9-16)15(2)25-21(22-3)24-14-12-19-26-20(28-27-19)18-7-5-6-13-23-18/h5-11,13,15H,4,12,14H2,1-3H3,(H2,22,24,25). The van der Waals surface area contributed by atoms with Crippen molar-refractivity contribution in [2.24, 2.45) is 4.99 Å². The minimum absolute atomic E-state index is 0.151. The normalized spacial score (nSPS) is 12.6. The van der Waals surface area contributed by atoms with Crippen LogP contribution >= 0.6 is 0 Å². The van der Waals surface area contributed by atoms with Crippen LogP contribution in [-0.4, -0.2) is 34.7 Å². The molecule has 0 fully saturated rings. The van der Waals surface area contributed by atoms with E-state index in [1.807, 2.05) is 18.2 Å². The summed E-state index contributed by atoms with van der Waals surface area (Å²) < 4.78 is 5.28. The van der Waals surface area contributed by atoms with E-state index in [-0.39, 0.29) is 6.04 Å². The number of hydrogen-bond acceptors (Lipinski definition) is 5. The minimum atomic E-state index is 0.151. The number of nitrogens with zero attached hydrogens (tertiary/aromatic N) is 4. The van der Waals surface area contributed by atoms with Gasteiger partial charge in [0, 0.05) is 26.2 Å². The van der Waals surface area contributed by atoms with Crippen molar-refractivity contribution in [1.29, 1.82) is 0 Å². The van der Waals surface area contributed by atoms with E-state index >= 15 is 0 Å². The highest BCUT2D eigenvalue weighted by Crippen LogP contribution is 2.14. The third-order valence-corrected chi connectivity index (χ3v) is 4.46. The Bertz CT molecular complexity index is 889. The number of aliphatic imine (C=N–C) groups is 1. The smallest absolute Gasteiger partial charge is 0.276 e. The van der Waals surface area contributed by atoms with Gasteiger partial charge in [0.2, 0.25) is 0 Å². The van der Waals surface area contributed by atoms with Gasteiger partial charge in [-0.05, 0) is 36.6 Å². The monoisotopic (exact) mass is 378 g/mol. The summed E-state index contributed by atoms with van der Waals surface area (Å²) in [7, 11) is 1.76. The lowest BCUT2D eigenvalue weighted by atomic mass is 10.1. The van der Waals surface area contributed by atoms with Gasteiger partial charge in [-0.3, -0.25) is 9.98 Å². The van der Waals surface area contributed by atoms with Gasteiger partial charge in [-0.2, -0.15) is 4.98 Å². The van der Waals surface area contributed by atoms with Crippen LogP contribution in [0.5, 0.6) is 0 Å². The molecule has 0 spiro atoms. The Balaban J connectivity index is 1.49. The van der Waals surface area contributed by atoms with Crippen molar-refractivity contribution in [3.05, 3.63) is 65.6 Å². The molecule has 2 aromatic heterocycles. The van der Waals surface area contributed by atoms with Crippen LogP contribution in [0.4, 0.5) is 0 Å². The van der Waals surface area contributed by atoms with E-state index in [4.69, 9.17) is 4.52 Å². The lowest BCUT2D eigenvalue weighted by Crippen LogP contribution is -2.39. The molecule has 0 amide bonds. The maximum atomic E-state index is 5.28. The molecule has 0 saturated carbocycles. The molecule has 0 bridgehead atoms. The van der Waals surface area contributed by atoms with Crippen LogP contribution in [0.2, 0.25) is 0 Å². The summed E-state index contributed by atoms with van der Waals surface area (Å²) in [6.45, 7) is 4.92. The zero-order valence-corrected chi connectivity index (χ0v) is 16.5. The molecule has 2 N–H and O–H groups in total. The lowest BCUT2D eigenvalue weighted by Gasteiger charge is -2.18. The fraction of sp³-hybridized carbons (Fsp3) is 0.333. The van der Waals surface area contributed by atoms with Crippen molar-refractivity contribution in [3.63, 3.8) is 0 Å². The van der Waals surface area contributed by atoms with Gasteiger partial charge in [-0.15, -0.1) is 0 Å². The van der Waals surface area contributed by atoms with Crippen molar-refractivity contribution in [3.8, 4) is 11.6 Å². The van der Waals surface area contributed by atoms with Gasteiger partial charge in [0.05, 0.1) is 6.04 Å². The van der Waals surface area contributed by atoms with E-state index < -0.39 is 0 Å². The Kier molecular flexibility index (Phi) is 6.73. The average molecular weight is 378 g/mol. The van der Waals surface area contributed by atoms with Crippen LogP contribution in [-0.2, 0) is 12.8 Å². The summed E-state index contributed by atoms with van der Waals surface area (Å²) in [4.78, 5) is 12.9. The molecular formula is C21H26N6O. The number of benzene rings is 1. The SMILES string of the molecule is CCc1ccc(C(C)NC(=NC)NCCc2noc(-c3ccccn3)n2)cc1. The van der Waals surface area contributed by atoms with Crippen LogP contribution in [0, 0.1) is 0 Å². The fourth-order valence-corrected chi connectivity index (χ4v) is 2.77. The van der Waals surface area contributed by atoms with Crippen LogP contribution in [0.15, 0.2) is 58.2 Å². The summed E-state index contributed by atoms with van der Waals surface area (Å²) in [5, 5.41) is 10.7. The number of pyridine rings is 1. The first-order valence-electron chi connectivity index (χ1n) is 9.49. The maximum absolute atomic E-state index is 5.28. The number of aromatic nitrogens is 3. The zero-order chi connectivity index (χ0) is 19.8. The largest absolute Gasteiger partial charge is 0.356 e. The van der Waals surface area contributed by atoms with Crippen molar-refractivity contribution in [2.75, 3.05) is 13.6 Å². The highest BCUT2D eigenvalue weighted by Gasteiger charge is 2.11. The molecule has 146 valence electrons. The molecular weight excluding hydrogens is 352 g/mol. The van der Waals surface area contributed by atoms with Crippen molar-refractivity contribution < 1.29 is 4.52 Å². The van der Waals surface area contributed by atoms with E-state index in [1.54, 1.807) is 13.2 Å².